The molecule has 2 rings (SSSR count). The van der Waals surface area contributed by atoms with E-state index in [4.69, 9.17) is 9.47 Å². The van der Waals surface area contributed by atoms with E-state index in [0.29, 0.717) is 0 Å². The molecule has 0 N–H and O–H groups in total. The van der Waals surface area contributed by atoms with Crippen LogP contribution >= 0.6 is 0 Å². The molecule has 0 amide bonds. The van der Waals surface area contributed by atoms with Crippen LogP contribution in [0.2, 0.25) is 0 Å². The van der Waals surface area contributed by atoms with Crippen LogP contribution in [-0.4, -0.2) is 12.4 Å². The van der Waals surface area contributed by atoms with Gasteiger partial charge < -0.3 is 9.47 Å². The molecular weight excluding hydrogens is 176 g/mol. The van der Waals surface area contributed by atoms with Crippen molar-refractivity contribution in [1.82, 2.24) is 0 Å². The molecule has 2 nitrogen and oxygen atoms in total. The van der Waals surface area contributed by atoms with Crippen LogP contribution in [0.25, 0.3) is 0 Å². The van der Waals surface area contributed by atoms with Crippen LogP contribution in [0, 0.1) is 0 Å². The maximum absolute atomic E-state index is 5.72. The van der Waals surface area contributed by atoms with Gasteiger partial charge in [-0.2, -0.15) is 0 Å². The van der Waals surface area contributed by atoms with Crippen LogP contribution in [0.1, 0.15) is 31.9 Å². The largest absolute Gasteiger partial charge is 0.350 e. The highest BCUT2D eigenvalue weighted by Crippen LogP contribution is 2.30. The Morgan fingerprint density at radius 2 is 1.79 bits per heavy atom. The van der Waals surface area contributed by atoms with E-state index in [1.54, 1.807) is 0 Å². The first-order chi connectivity index (χ1) is 6.75. The first kappa shape index (κ1) is 9.69. The smallest absolute Gasteiger partial charge is 0.155 e. The summed E-state index contributed by atoms with van der Waals surface area (Å²) in [6.45, 7) is 4.04. The minimum absolute atomic E-state index is 0.0936. The van der Waals surface area contributed by atoms with Crippen LogP contribution < -0.4 is 0 Å². The normalized spacial score (nSPS) is 32.9. The fourth-order valence-corrected chi connectivity index (χ4v) is 1.89. The molecule has 76 valence electrons. The lowest BCUT2D eigenvalue weighted by atomic mass is 10.0. The first-order valence-corrected chi connectivity index (χ1v) is 5.11. The minimum atomic E-state index is -0.0936. The summed E-state index contributed by atoms with van der Waals surface area (Å²) in [6, 6.07) is 10.3. The van der Waals surface area contributed by atoms with Gasteiger partial charge in [-0.3, -0.25) is 0 Å². The average molecular weight is 192 g/mol. The summed E-state index contributed by atoms with van der Waals surface area (Å²) < 4.78 is 11.2. The highest BCUT2D eigenvalue weighted by atomic mass is 16.7. The van der Waals surface area contributed by atoms with Gasteiger partial charge in [-0.05, 0) is 19.4 Å². The number of hydrogen-bond acceptors (Lipinski definition) is 2. The number of hydrogen-bond donors (Lipinski definition) is 0. The van der Waals surface area contributed by atoms with Crippen molar-refractivity contribution >= 4 is 0 Å². The first-order valence-electron chi connectivity index (χ1n) is 5.11. The Hall–Kier alpha value is -0.860. The molecule has 1 aliphatic heterocycles. The quantitative estimate of drug-likeness (QED) is 0.681. The molecule has 0 spiro atoms. The molecule has 1 fully saturated rings. The summed E-state index contributed by atoms with van der Waals surface area (Å²) in [7, 11) is 0. The molecule has 0 aromatic heterocycles. The summed E-state index contributed by atoms with van der Waals surface area (Å²) in [5, 5.41) is 0. The third-order valence-corrected chi connectivity index (χ3v) is 2.50. The van der Waals surface area contributed by atoms with Gasteiger partial charge in [0, 0.05) is 6.42 Å². The highest BCUT2D eigenvalue weighted by molar-refractivity contribution is 5.17. The van der Waals surface area contributed by atoms with E-state index in [1.165, 1.54) is 5.56 Å². The van der Waals surface area contributed by atoms with E-state index in [9.17, 15) is 0 Å². The Labute approximate surface area is 84.8 Å². The van der Waals surface area contributed by atoms with Gasteiger partial charge in [0.15, 0.2) is 6.29 Å². The van der Waals surface area contributed by atoms with Crippen molar-refractivity contribution in [2.45, 2.75) is 38.8 Å². The molecule has 1 aliphatic rings. The zero-order valence-corrected chi connectivity index (χ0v) is 8.64. The second-order valence-corrected chi connectivity index (χ2v) is 3.79. The predicted octanol–water partition coefficient (Wildman–Crippen LogP) is 2.90. The summed E-state index contributed by atoms with van der Waals surface area (Å²) in [6.07, 6.45) is 1.32. The Morgan fingerprint density at radius 3 is 2.43 bits per heavy atom. The second kappa shape index (κ2) is 4.11. The van der Waals surface area contributed by atoms with Crippen LogP contribution in [-0.2, 0) is 9.47 Å². The molecule has 1 aromatic carbocycles. The number of benzene rings is 1. The molecule has 2 heteroatoms. The predicted molar refractivity (Wildman–Crippen MR) is 54.9 cm³/mol. The van der Waals surface area contributed by atoms with E-state index < -0.39 is 0 Å². The summed E-state index contributed by atoms with van der Waals surface area (Å²) in [5.74, 6) is 0. The topological polar surface area (TPSA) is 18.5 Å². The van der Waals surface area contributed by atoms with Crippen molar-refractivity contribution < 1.29 is 9.47 Å². The molecule has 3 atom stereocenters. The van der Waals surface area contributed by atoms with E-state index in [2.05, 4.69) is 19.1 Å². The van der Waals surface area contributed by atoms with E-state index >= 15 is 0 Å². The van der Waals surface area contributed by atoms with E-state index in [1.807, 2.05) is 25.1 Å². The third kappa shape index (κ3) is 2.14. The van der Waals surface area contributed by atoms with Gasteiger partial charge in [0.25, 0.3) is 0 Å². The Kier molecular flexibility index (Phi) is 2.85. The van der Waals surface area contributed by atoms with Gasteiger partial charge in [-0.15, -0.1) is 0 Å². The second-order valence-electron chi connectivity index (χ2n) is 3.79. The third-order valence-electron chi connectivity index (χ3n) is 2.50. The molecule has 0 aliphatic carbocycles. The van der Waals surface area contributed by atoms with E-state index in [0.717, 1.165) is 6.42 Å². The van der Waals surface area contributed by atoms with Gasteiger partial charge in [-0.25, -0.2) is 0 Å². The molecule has 1 aromatic rings. The Balaban J connectivity index is 2.11. The average Bonchev–Trinajstić information content (AvgIpc) is 2.18. The fourth-order valence-electron chi connectivity index (χ4n) is 1.89. The SMILES string of the molecule is C[C@H]1O[C@H](C)C[C@H](c2ccccc2)O1. The van der Waals surface area contributed by atoms with Gasteiger partial charge in [0.2, 0.25) is 0 Å². The molecular formula is C12H16O2. The number of ether oxygens (including phenoxy) is 2. The van der Waals surface area contributed by atoms with Crippen molar-refractivity contribution in [3.8, 4) is 0 Å². The molecule has 0 saturated carbocycles. The summed E-state index contributed by atoms with van der Waals surface area (Å²) >= 11 is 0. The molecule has 14 heavy (non-hydrogen) atoms. The zero-order valence-electron chi connectivity index (χ0n) is 8.64. The lowest BCUT2D eigenvalue weighted by Gasteiger charge is -2.32. The van der Waals surface area contributed by atoms with Crippen LogP contribution in [0.3, 0.4) is 0 Å². The highest BCUT2D eigenvalue weighted by Gasteiger charge is 2.25. The van der Waals surface area contributed by atoms with Gasteiger partial charge in [0.1, 0.15) is 0 Å². The van der Waals surface area contributed by atoms with Crippen molar-refractivity contribution in [3.63, 3.8) is 0 Å². The van der Waals surface area contributed by atoms with Crippen molar-refractivity contribution in [2.24, 2.45) is 0 Å². The number of rotatable bonds is 1. The lowest BCUT2D eigenvalue weighted by molar-refractivity contribution is -0.231. The van der Waals surface area contributed by atoms with Crippen LogP contribution in [0.4, 0.5) is 0 Å². The summed E-state index contributed by atoms with van der Waals surface area (Å²) in [5.41, 5.74) is 1.24. The lowest BCUT2D eigenvalue weighted by Crippen LogP contribution is -2.30. The van der Waals surface area contributed by atoms with Gasteiger partial charge in [-0.1, -0.05) is 30.3 Å². The molecule has 0 unspecified atom stereocenters. The maximum Gasteiger partial charge on any atom is 0.155 e. The molecule has 0 bridgehead atoms. The van der Waals surface area contributed by atoms with Crippen molar-refractivity contribution in [2.75, 3.05) is 0 Å². The molecule has 1 saturated heterocycles. The van der Waals surface area contributed by atoms with Crippen LogP contribution in [0.5, 0.6) is 0 Å². The standard InChI is InChI=1S/C12H16O2/c1-9-8-12(14-10(2)13-9)11-6-4-3-5-7-11/h3-7,9-10,12H,8H2,1-2H3/t9-,10+,12-/m1/s1. The Morgan fingerprint density at radius 1 is 1.07 bits per heavy atom. The minimum Gasteiger partial charge on any atom is -0.350 e. The van der Waals surface area contributed by atoms with Crippen molar-refractivity contribution in [3.05, 3.63) is 35.9 Å². The molecule has 0 radical (unpaired) electrons. The van der Waals surface area contributed by atoms with Crippen LogP contribution in [0.15, 0.2) is 30.3 Å². The van der Waals surface area contributed by atoms with Gasteiger partial charge in [0.05, 0.1) is 12.2 Å². The molecule has 1 heterocycles. The Bertz CT molecular complexity index is 274. The van der Waals surface area contributed by atoms with E-state index in [-0.39, 0.29) is 18.5 Å². The summed E-state index contributed by atoms with van der Waals surface area (Å²) in [4.78, 5) is 0. The fraction of sp³-hybridized carbons (Fsp3) is 0.500. The van der Waals surface area contributed by atoms with Crippen molar-refractivity contribution in [1.29, 1.82) is 0 Å². The maximum atomic E-state index is 5.72. The monoisotopic (exact) mass is 192 g/mol. The van der Waals surface area contributed by atoms with Gasteiger partial charge >= 0.3 is 0 Å². The zero-order chi connectivity index (χ0) is 9.97.